The van der Waals surface area contributed by atoms with Crippen molar-refractivity contribution in [3.63, 3.8) is 0 Å². The van der Waals surface area contributed by atoms with Crippen molar-refractivity contribution in [1.29, 1.82) is 0 Å². The molecular formula is C24H34ClF4N5O5. The largest absolute Gasteiger partial charge is 0.471 e. The molecule has 0 aromatic rings. The molecule has 2 saturated heterocycles. The van der Waals surface area contributed by atoms with Crippen molar-refractivity contribution in [2.24, 2.45) is 28.6 Å². The molecule has 1 saturated carbocycles. The topological polar surface area (TPSA) is 128 Å². The highest BCUT2D eigenvalue weighted by atomic mass is 35.5. The van der Waals surface area contributed by atoms with Crippen LogP contribution in [0.2, 0.25) is 0 Å². The van der Waals surface area contributed by atoms with E-state index in [1.54, 1.807) is 12.2 Å². The monoisotopic (exact) mass is 583 g/mol. The lowest BCUT2D eigenvalue weighted by atomic mass is 9.80. The van der Waals surface area contributed by atoms with Crippen LogP contribution in [0, 0.1) is 28.6 Å². The van der Waals surface area contributed by atoms with E-state index < -0.39 is 76.1 Å². The van der Waals surface area contributed by atoms with Crippen LogP contribution >= 0.6 is 11.6 Å². The summed E-state index contributed by atoms with van der Waals surface area (Å²) in [4.78, 5) is 64.7. The molecule has 5 amide bonds. The number of halogens is 5. The molecule has 39 heavy (non-hydrogen) atoms. The minimum Gasteiger partial charge on any atom is -0.356 e. The molecule has 2 unspecified atom stereocenters. The molecule has 10 nitrogen and oxygen atoms in total. The Hall–Kier alpha value is -2.64. The molecular weight excluding hydrogens is 550 g/mol. The van der Waals surface area contributed by atoms with Crippen molar-refractivity contribution in [3.8, 4) is 0 Å². The Morgan fingerprint density at radius 3 is 2.33 bits per heavy atom. The third kappa shape index (κ3) is 6.09. The lowest BCUT2D eigenvalue weighted by Gasteiger charge is -2.39. The Morgan fingerprint density at radius 1 is 1.23 bits per heavy atom. The quantitative estimate of drug-likeness (QED) is 0.227. The number of piperidine rings is 1. The maximum Gasteiger partial charge on any atom is 0.471 e. The first-order valence-corrected chi connectivity index (χ1v) is 13.1. The highest BCUT2D eigenvalue weighted by molar-refractivity contribution is 6.29. The first kappa shape index (κ1) is 30.9. The first-order valence-electron chi connectivity index (χ1n) is 12.7. The number of amides is 5. The minimum absolute atomic E-state index is 0.0347. The van der Waals surface area contributed by atoms with Gasteiger partial charge in [0.1, 0.15) is 12.1 Å². The second kappa shape index (κ2) is 10.7. The molecule has 2 aliphatic heterocycles. The van der Waals surface area contributed by atoms with Gasteiger partial charge in [0.25, 0.3) is 17.4 Å². The van der Waals surface area contributed by atoms with Crippen molar-refractivity contribution in [1.82, 2.24) is 26.0 Å². The summed E-state index contributed by atoms with van der Waals surface area (Å²) >= 11 is 5.34. The number of hydrazine groups is 1. The number of alkyl halides is 5. The third-order valence-electron chi connectivity index (χ3n) is 8.50. The number of fused-ring (bicyclic) bond motifs is 1. The molecule has 2 heterocycles. The van der Waals surface area contributed by atoms with Crippen molar-refractivity contribution >= 4 is 41.1 Å². The van der Waals surface area contributed by atoms with Gasteiger partial charge in [-0.25, -0.2) is 9.40 Å². The molecule has 0 spiro atoms. The van der Waals surface area contributed by atoms with Crippen molar-refractivity contribution in [2.75, 3.05) is 19.6 Å². The molecule has 15 heteroatoms. The Labute approximate surface area is 228 Å². The second-order valence-electron chi connectivity index (χ2n) is 11.6. The maximum atomic E-state index is 13.8. The van der Waals surface area contributed by atoms with Crippen molar-refractivity contribution in [3.05, 3.63) is 0 Å². The normalized spacial score (nSPS) is 27.2. The number of nitrogens with one attached hydrogen (secondary N) is 3. The zero-order valence-corrected chi connectivity index (χ0v) is 23.1. The fourth-order valence-corrected chi connectivity index (χ4v) is 5.65. The zero-order valence-electron chi connectivity index (χ0n) is 22.3. The van der Waals surface area contributed by atoms with Crippen LogP contribution in [0.5, 0.6) is 0 Å². The van der Waals surface area contributed by atoms with Crippen molar-refractivity contribution < 1.29 is 41.5 Å². The molecule has 0 radical (unpaired) electrons. The highest BCUT2D eigenvalue weighted by Crippen LogP contribution is 2.65. The molecule has 3 aliphatic rings. The van der Waals surface area contributed by atoms with E-state index in [1.165, 1.54) is 13.8 Å². The molecule has 3 N–H and O–H groups in total. The zero-order chi connectivity index (χ0) is 29.7. The molecule has 3 fully saturated rings. The van der Waals surface area contributed by atoms with Crippen molar-refractivity contribution in [2.45, 2.75) is 71.4 Å². The van der Waals surface area contributed by atoms with Crippen LogP contribution in [0.1, 0.15) is 47.5 Å². The predicted molar refractivity (Wildman–Crippen MR) is 130 cm³/mol. The number of hydrogen-bond donors (Lipinski definition) is 3. The summed E-state index contributed by atoms with van der Waals surface area (Å²) in [6.45, 7) is 8.43. The standard InChI is InChI=1S/C24H34ClF4N5O5/c1-6-22(2,3)15(31-21(39)24(27,28)29)19(37)33-10-12-13(23(12,4)5)14(33)18(36)32-34(20(38)16(25)26)9-11-7-8-30-17(11)35/h11-16H,6-10H2,1-5H3,(H,30,35)(H,31,39)(H,32,36)/t11-,12-,13-,14-,15?,16?/m0/s1. The maximum absolute atomic E-state index is 13.8. The van der Waals surface area contributed by atoms with Gasteiger partial charge in [0.15, 0.2) is 0 Å². The minimum atomic E-state index is -5.23. The van der Waals surface area contributed by atoms with Crippen LogP contribution in [0.3, 0.4) is 0 Å². The summed E-state index contributed by atoms with van der Waals surface area (Å²) in [7, 11) is 0. The van der Waals surface area contributed by atoms with Gasteiger partial charge in [0, 0.05) is 13.1 Å². The Balaban J connectivity index is 1.89. The van der Waals surface area contributed by atoms with Gasteiger partial charge in [-0.3, -0.25) is 29.4 Å². The van der Waals surface area contributed by atoms with Gasteiger partial charge in [-0.1, -0.05) is 46.2 Å². The van der Waals surface area contributed by atoms with E-state index in [4.69, 9.17) is 11.6 Å². The highest BCUT2D eigenvalue weighted by Gasteiger charge is 2.70. The molecule has 3 rings (SSSR count). The van der Waals surface area contributed by atoms with Gasteiger partial charge >= 0.3 is 12.1 Å². The SMILES string of the molecule is CCC(C)(C)C(NC(=O)C(F)(F)F)C(=O)N1C[C@H]2[C@@H]([C@H]1C(=O)NN(C[C@@H]1CCNC1=O)C(=O)C(F)Cl)C2(C)C. The van der Waals surface area contributed by atoms with E-state index in [-0.39, 0.29) is 25.4 Å². The average molecular weight is 584 g/mol. The number of nitrogens with zero attached hydrogens (tertiary/aromatic N) is 2. The number of carbonyl (C=O) groups is 5. The summed E-state index contributed by atoms with van der Waals surface area (Å²) in [5.74, 6) is -7.05. The summed E-state index contributed by atoms with van der Waals surface area (Å²) in [5.41, 5.74) is -1.73. The van der Waals surface area contributed by atoms with E-state index in [0.717, 1.165) is 4.90 Å². The van der Waals surface area contributed by atoms with E-state index in [0.29, 0.717) is 18.0 Å². The van der Waals surface area contributed by atoms with E-state index in [1.807, 2.05) is 13.8 Å². The van der Waals surface area contributed by atoms with Gasteiger partial charge in [-0.15, -0.1) is 0 Å². The molecule has 0 aromatic heterocycles. The Bertz CT molecular complexity index is 1040. The number of carbonyl (C=O) groups excluding carboxylic acids is 5. The van der Waals surface area contributed by atoms with Gasteiger partial charge in [-0.2, -0.15) is 13.2 Å². The number of rotatable bonds is 8. The van der Waals surface area contributed by atoms with Gasteiger partial charge < -0.3 is 15.5 Å². The van der Waals surface area contributed by atoms with Crippen LogP contribution in [-0.4, -0.2) is 83.0 Å². The van der Waals surface area contributed by atoms with Gasteiger partial charge in [-0.05, 0) is 35.5 Å². The number of likely N-dealkylation sites (tertiary alicyclic amines) is 1. The lowest BCUT2D eigenvalue weighted by molar-refractivity contribution is -0.176. The summed E-state index contributed by atoms with van der Waals surface area (Å²) in [5, 5.41) is 4.98. The number of hydrogen-bond acceptors (Lipinski definition) is 5. The molecule has 0 bridgehead atoms. The molecule has 6 atom stereocenters. The van der Waals surface area contributed by atoms with Crippen LogP contribution < -0.4 is 16.1 Å². The van der Waals surface area contributed by atoms with E-state index in [9.17, 15) is 41.5 Å². The second-order valence-corrected chi connectivity index (χ2v) is 12.0. The van der Waals surface area contributed by atoms with E-state index in [2.05, 4.69) is 10.7 Å². The fraction of sp³-hybridized carbons (Fsp3) is 0.792. The van der Waals surface area contributed by atoms with Crippen LogP contribution in [-0.2, 0) is 24.0 Å². The molecule has 0 aromatic carbocycles. The van der Waals surface area contributed by atoms with Crippen LogP contribution in [0.15, 0.2) is 0 Å². The predicted octanol–water partition coefficient (Wildman–Crippen LogP) is 1.48. The lowest BCUT2D eigenvalue weighted by Crippen LogP contribution is -2.62. The van der Waals surface area contributed by atoms with Gasteiger partial charge in [0.2, 0.25) is 11.8 Å². The van der Waals surface area contributed by atoms with Crippen LogP contribution in [0.4, 0.5) is 17.6 Å². The summed E-state index contributed by atoms with van der Waals surface area (Å²) in [6.07, 6.45) is -4.67. The Morgan fingerprint density at radius 2 is 1.85 bits per heavy atom. The first-order chi connectivity index (χ1) is 17.8. The van der Waals surface area contributed by atoms with Gasteiger partial charge in [0.05, 0.1) is 12.5 Å². The molecule has 220 valence electrons. The average Bonchev–Trinajstić information content (AvgIpc) is 3.19. The molecule has 1 aliphatic carbocycles. The smallest absolute Gasteiger partial charge is 0.356 e. The van der Waals surface area contributed by atoms with E-state index >= 15 is 0 Å². The van der Waals surface area contributed by atoms with Crippen LogP contribution in [0.25, 0.3) is 0 Å². The third-order valence-corrected chi connectivity index (χ3v) is 8.68. The summed E-state index contributed by atoms with van der Waals surface area (Å²) in [6, 6.07) is -2.83. The fourth-order valence-electron chi connectivity index (χ4n) is 5.53. The Kier molecular flexibility index (Phi) is 8.50. The summed E-state index contributed by atoms with van der Waals surface area (Å²) < 4.78 is 53.0.